The van der Waals surface area contributed by atoms with E-state index in [9.17, 15) is 19.5 Å². The highest BCUT2D eigenvalue weighted by Crippen LogP contribution is 2.36. The van der Waals surface area contributed by atoms with Gasteiger partial charge in [-0.1, -0.05) is 29.2 Å². The zero-order valence-electron chi connectivity index (χ0n) is 18.1. The van der Waals surface area contributed by atoms with Gasteiger partial charge in [-0.2, -0.15) is 0 Å². The van der Waals surface area contributed by atoms with Gasteiger partial charge in [-0.05, 0) is 30.3 Å². The molecule has 0 unspecified atom stereocenters. The maximum absolute atomic E-state index is 13.0. The molecule has 3 aromatic rings. The number of phenols is 1. The van der Waals surface area contributed by atoms with E-state index in [0.717, 1.165) is 9.10 Å². The molecule has 1 aromatic carbocycles. The summed E-state index contributed by atoms with van der Waals surface area (Å²) < 4.78 is 0.830. The summed E-state index contributed by atoms with van der Waals surface area (Å²) in [5.74, 6) is -1.14. The number of carbonyl (C=O) groups is 3. The second-order valence-corrected chi connectivity index (χ2v) is 9.81. The smallest absolute Gasteiger partial charge is 0.354 e. The molecule has 1 aliphatic rings. The predicted molar refractivity (Wildman–Crippen MR) is 127 cm³/mol. The summed E-state index contributed by atoms with van der Waals surface area (Å²) in [5.41, 5.74) is 0.138. The number of piperazine rings is 1. The molecule has 1 aliphatic heterocycles. The highest BCUT2D eigenvalue weighted by atomic mass is 32.2. The van der Waals surface area contributed by atoms with E-state index in [4.69, 9.17) is 5.11 Å². The number of benzene rings is 1. The molecule has 1 fully saturated rings. The number of hydrogen-bond acceptors (Lipinski definition) is 9. The number of aromatic carboxylic acids is 1. The van der Waals surface area contributed by atoms with Gasteiger partial charge in [0.05, 0.1) is 16.0 Å². The molecule has 10 nitrogen and oxygen atoms in total. The largest absolute Gasteiger partial charge is 0.507 e. The molecule has 2 aromatic heterocycles. The first-order valence-electron chi connectivity index (χ1n) is 10.3. The third-order valence-electron chi connectivity index (χ3n) is 5.12. The lowest BCUT2D eigenvalue weighted by molar-refractivity contribution is -0.130. The van der Waals surface area contributed by atoms with Crippen molar-refractivity contribution in [2.75, 3.05) is 31.5 Å². The van der Waals surface area contributed by atoms with E-state index in [0.29, 0.717) is 37.1 Å². The van der Waals surface area contributed by atoms with Gasteiger partial charge in [-0.15, -0.1) is 0 Å². The highest BCUT2D eigenvalue weighted by Gasteiger charge is 2.25. The number of phenolic OH excluding ortho intramolecular Hbond substituents is 1. The van der Waals surface area contributed by atoms with E-state index in [2.05, 4.69) is 15.3 Å². The van der Waals surface area contributed by atoms with E-state index in [1.165, 1.54) is 42.2 Å². The topological polar surface area (TPSA) is 136 Å². The lowest BCUT2D eigenvalue weighted by Gasteiger charge is -2.34. The summed E-state index contributed by atoms with van der Waals surface area (Å²) in [5, 5.41) is 22.9. The Morgan fingerprint density at radius 3 is 2.53 bits per heavy atom. The van der Waals surface area contributed by atoms with E-state index in [1.807, 2.05) is 0 Å². The van der Waals surface area contributed by atoms with Crippen LogP contribution >= 0.6 is 23.1 Å². The molecule has 176 valence electrons. The second kappa shape index (κ2) is 10.1. The predicted octanol–water partition coefficient (Wildman–Crippen LogP) is 3.14. The average Bonchev–Trinajstić information content (AvgIpc) is 3.26. The minimum absolute atomic E-state index is 0.0165. The van der Waals surface area contributed by atoms with Gasteiger partial charge in [0.15, 0.2) is 10.8 Å². The number of thiazole rings is 1. The molecule has 2 amide bonds. The Morgan fingerprint density at radius 1 is 1.09 bits per heavy atom. The molecule has 0 atom stereocenters. The van der Waals surface area contributed by atoms with E-state index in [-0.39, 0.29) is 28.8 Å². The molecule has 4 rings (SSSR count). The third kappa shape index (κ3) is 5.46. The number of carbonyl (C=O) groups excluding carboxylic acids is 2. The Morgan fingerprint density at radius 2 is 1.82 bits per heavy atom. The fourth-order valence-electron chi connectivity index (χ4n) is 3.36. The summed E-state index contributed by atoms with van der Waals surface area (Å²) in [6.07, 6.45) is 1.66. The molecule has 3 heterocycles. The number of nitrogens with zero attached hydrogens (tertiary/aromatic N) is 4. The first-order valence-corrected chi connectivity index (χ1v) is 11.9. The van der Waals surface area contributed by atoms with Crippen molar-refractivity contribution in [2.45, 2.75) is 16.0 Å². The number of carboxylic acid groups (broad SMARTS) is 1. The van der Waals surface area contributed by atoms with Crippen molar-refractivity contribution in [3.63, 3.8) is 0 Å². The summed E-state index contributed by atoms with van der Waals surface area (Å²) in [6, 6.07) is 9.50. The van der Waals surface area contributed by atoms with Crippen LogP contribution in [0.15, 0.2) is 51.7 Å². The Balaban J connectivity index is 1.43. The monoisotopic (exact) mass is 499 g/mol. The maximum atomic E-state index is 13.0. The zero-order valence-corrected chi connectivity index (χ0v) is 19.7. The second-order valence-electron chi connectivity index (χ2n) is 7.40. The molecule has 0 spiro atoms. The minimum atomic E-state index is -1.11. The lowest BCUT2D eigenvalue weighted by atomic mass is 10.1. The summed E-state index contributed by atoms with van der Waals surface area (Å²) in [7, 11) is 0. The SMILES string of the molecule is CC(=O)N1CCN(C(=O)c2cc(Sc3cnc(Nc4cccc(C(=O)O)n4)s3)ccc2O)CC1. The molecular weight excluding hydrogens is 478 g/mol. The summed E-state index contributed by atoms with van der Waals surface area (Å²) in [4.78, 5) is 48.0. The first kappa shape index (κ1) is 23.5. The van der Waals surface area contributed by atoms with Crippen molar-refractivity contribution >= 4 is 51.8 Å². The summed E-state index contributed by atoms with van der Waals surface area (Å²) >= 11 is 2.73. The van der Waals surface area contributed by atoms with Crippen LogP contribution in [0.3, 0.4) is 0 Å². The van der Waals surface area contributed by atoms with Gasteiger partial charge in [0.2, 0.25) is 5.91 Å². The number of hydrogen-bond donors (Lipinski definition) is 3. The van der Waals surface area contributed by atoms with Crippen LogP contribution in [0.2, 0.25) is 0 Å². The normalized spacial score (nSPS) is 13.6. The maximum Gasteiger partial charge on any atom is 0.354 e. The molecule has 12 heteroatoms. The Bertz CT molecular complexity index is 1240. The van der Waals surface area contributed by atoms with Crippen molar-refractivity contribution in [1.29, 1.82) is 0 Å². The van der Waals surface area contributed by atoms with Crippen molar-refractivity contribution in [2.24, 2.45) is 0 Å². The Labute approximate surface area is 203 Å². The Hall–Kier alpha value is -3.64. The molecule has 0 radical (unpaired) electrons. The van der Waals surface area contributed by atoms with Crippen LogP contribution in [-0.4, -0.2) is 73.9 Å². The molecule has 34 heavy (non-hydrogen) atoms. The van der Waals surface area contributed by atoms with Gasteiger partial charge in [0.1, 0.15) is 11.6 Å². The standard InChI is InChI=1S/C22H21N5O5S2/c1-13(28)26-7-9-27(10-8-26)20(30)15-11-14(5-6-17(15)29)33-19-12-23-22(34-19)25-18-4-2-3-16(24-18)21(31)32/h2-6,11-12,29H,7-10H2,1H3,(H,31,32)(H,23,24,25). The lowest BCUT2D eigenvalue weighted by Crippen LogP contribution is -2.50. The number of anilines is 2. The summed E-state index contributed by atoms with van der Waals surface area (Å²) in [6.45, 7) is 3.27. The fraction of sp³-hybridized carbons (Fsp3) is 0.227. The zero-order chi connectivity index (χ0) is 24.2. The van der Waals surface area contributed by atoms with Gasteiger partial charge in [0.25, 0.3) is 5.91 Å². The van der Waals surface area contributed by atoms with E-state index in [1.54, 1.807) is 40.3 Å². The van der Waals surface area contributed by atoms with Crippen LogP contribution in [0.4, 0.5) is 10.9 Å². The van der Waals surface area contributed by atoms with Crippen molar-refractivity contribution in [1.82, 2.24) is 19.8 Å². The number of amides is 2. The van der Waals surface area contributed by atoms with Crippen LogP contribution in [-0.2, 0) is 4.79 Å². The fourth-order valence-corrected chi connectivity index (χ4v) is 5.26. The molecular formula is C22H21N5O5S2. The molecule has 0 bridgehead atoms. The quantitative estimate of drug-likeness (QED) is 0.467. The van der Waals surface area contributed by atoms with Gasteiger partial charge >= 0.3 is 5.97 Å². The van der Waals surface area contributed by atoms with Crippen LogP contribution in [0.1, 0.15) is 27.8 Å². The number of carboxylic acids is 1. The van der Waals surface area contributed by atoms with Crippen LogP contribution in [0.5, 0.6) is 5.75 Å². The third-order valence-corrected chi connectivity index (χ3v) is 7.12. The van der Waals surface area contributed by atoms with Gasteiger partial charge in [0, 0.05) is 38.0 Å². The van der Waals surface area contributed by atoms with E-state index < -0.39 is 5.97 Å². The molecule has 3 N–H and O–H groups in total. The van der Waals surface area contributed by atoms with Crippen LogP contribution < -0.4 is 5.32 Å². The van der Waals surface area contributed by atoms with Gasteiger partial charge < -0.3 is 25.3 Å². The van der Waals surface area contributed by atoms with Crippen molar-refractivity contribution in [3.05, 3.63) is 53.9 Å². The highest BCUT2D eigenvalue weighted by molar-refractivity contribution is 8.01. The molecule has 1 saturated heterocycles. The van der Waals surface area contributed by atoms with Crippen molar-refractivity contribution < 1.29 is 24.6 Å². The average molecular weight is 500 g/mol. The first-order chi connectivity index (χ1) is 16.3. The van der Waals surface area contributed by atoms with Gasteiger partial charge in [-0.25, -0.2) is 14.8 Å². The number of rotatable bonds is 6. The van der Waals surface area contributed by atoms with Crippen molar-refractivity contribution in [3.8, 4) is 5.75 Å². The Kier molecular flexibility index (Phi) is 6.98. The van der Waals surface area contributed by atoms with Gasteiger partial charge in [-0.3, -0.25) is 9.59 Å². The van der Waals surface area contributed by atoms with Crippen LogP contribution in [0, 0.1) is 0 Å². The minimum Gasteiger partial charge on any atom is -0.507 e. The van der Waals surface area contributed by atoms with Crippen LogP contribution in [0.25, 0.3) is 0 Å². The number of nitrogens with one attached hydrogen (secondary N) is 1. The molecule has 0 saturated carbocycles. The number of pyridine rings is 1. The molecule has 0 aliphatic carbocycles. The number of aromatic nitrogens is 2. The van der Waals surface area contributed by atoms with E-state index >= 15 is 0 Å². The number of aromatic hydroxyl groups is 1.